The molecule has 0 fully saturated rings. The Kier molecular flexibility index (Phi) is 4.86. The number of rotatable bonds is 3. The molecule has 0 spiro atoms. The van der Waals surface area contributed by atoms with Crippen LogP contribution in [0.5, 0.6) is 0 Å². The molecule has 8 rings (SSSR count). The van der Waals surface area contributed by atoms with Crippen molar-refractivity contribution in [1.29, 1.82) is 0 Å². The highest BCUT2D eigenvalue weighted by molar-refractivity contribution is 7.17. The number of benzene rings is 4. The maximum absolute atomic E-state index is 5.13. The van der Waals surface area contributed by atoms with Gasteiger partial charge in [-0.2, -0.15) is 0 Å². The maximum Gasteiger partial charge on any atom is 0.0730 e. The number of pyridine rings is 1. The molecule has 1 aliphatic heterocycles. The Morgan fingerprint density at radius 3 is 2.00 bits per heavy atom. The van der Waals surface area contributed by atoms with Crippen molar-refractivity contribution in [3.8, 4) is 22.5 Å². The van der Waals surface area contributed by atoms with Gasteiger partial charge in [0.1, 0.15) is 0 Å². The van der Waals surface area contributed by atoms with E-state index in [1.165, 1.54) is 36.8 Å². The summed E-state index contributed by atoms with van der Waals surface area (Å²) in [6, 6.07) is 43.4. The smallest absolute Gasteiger partial charge is 0.0730 e. The van der Waals surface area contributed by atoms with Crippen LogP contribution < -0.4 is 14.7 Å². The average Bonchev–Trinajstić information content (AvgIpc) is 3.51. The van der Waals surface area contributed by atoms with Gasteiger partial charge in [0, 0.05) is 43.0 Å². The Balaban J connectivity index is 1.38. The number of hydrogen-bond acceptors (Lipinski definition) is 3. The number of fused-ring (bicyclic) bond motifs is 6. The first kappa shape index (κ1) is 21.6. The summed E-state index contributed by atoms with van der Waals surface area (Å²) < 4.78 is 2.74. The van der Waals surface area contributed by atoms with Gasteiger partial charge in [-0.15, -0.1) is 11.3 Å². The molecule has 180 valence electrons. The molecule has 2 nitrogen and oxygen atoms in total. The Morgan fingerprint density at radius 1 is 0.632 bits per heavy atom. The molecular formula is C35H24N2S. The molecule has 2 atom stereocenters. The Hall–Kier alpha value is -4.47. The summed E-state index contributed by atoms with van der Waals surface area (Å²) in [5.74, 6) is 0.306. The van der Waals surface area contributed by atoms with E-state index in [9.17, 15) is 0 Å². The Morgan fingerprint density at radius 2 is 1.26 bits per heavy atom. The summed E-state index contributed by atoms with van der Waals surface area (Å²) >= 11 is 1.90. The zero-order valence-electron chi connectivity index (χ0n) is 20.7. The minimum Gasteiger partial charge on any atom is -0.333 e. The molecule has 0 amide bonds. The van der Waals surface area contributed by atoms with E-state index in [0.29, 0.717) is 5.92 Å². The number of nitrogens with zero attached hydrogens (tertiary/aromatic N) is 2. The zero-order chi connectivity index (χ0) is 25.1. The number of para-hydroxylation sites is 1. The first-order chi connectivity index (χ1) is 18.8. The highest BCUT2D eigenvalue weighted by atomic mass is 32.1. The largest absolute Gasteiger partial charge is 0.333 e. The second-order valence-corrected chi connectivity index (χ2v) is 11.1. The van der Waals surface area contributed by atoms with Gasteiger partial charge in [0.25, 0.3) is 0 Å². The molecule has 0 radical (unpaired) electrons. The number of thiophene rings is 1. The van der Waals surface area contributed by atoms with Crippen LogP contribution in [-0.2, 0) is 0 Å². The number of aromatic nitrogens is 1. The third-order valence-electron chi connectivity index (χ3n) is 7.78. The van der Waals surface area contributed by atoms with Crippen molar-refractivity contribution in [3.05, 3.63) is 137 Å². The molecule has 2 unspecified atom stereocenters. The van der Waals surface area contributed by atoms with Gasteiger partial charge in [-0.05, 0) is 35.0 Å². The van der Waals surface area contributed by atoms with Crippen LogP contribution in [0, 0.1) is 0 Å². The Bertz CT molecular complexity index is 1880. The second-order valence-electron chi connectivity index (χ2n) is 9.98. The fourth-order valence-electron chi connectivity index (χ4n) is 6.05. The lowest BCUT2D eigenvalue weighted by molar-refractivity contribution is 0.804. The van der Waals surface area contributed by atoms with Crippen molar-refractivity contribution in [1.82, 2.24) is 4.98 Å². The molecule has 38 heavy (non-hydrogen) atoms. The fourth-order valence-corrected chi connectivity index (χ4v) is 7.23. The summed E-state index contributed by atoms with van der Waals surface area (Å²) in [5.41, 5.74) is 8.07. The van der Waals surface area contributed by atoms with Gasteiger partial charge in [-0.3, -0.25) is 0 Å². The molecule has 1 aliphatic carbocycles. The average molecular weight is 505 g/mol. The summed E-state index contributed by atoms with van der Waals surface area (Å²) in [4.78, 5) is 7.67. The van der Waals surface area contributed by atoms with Crippen LogP contribution in [0.2, 0.25) is 0 Å². The van der Waals surface area contributed by atoms with Crippen LogP contribution in [-0.4, -0.2) is 11.0 Å². The topological polar surface area (TPSA) is 16.1 Å². The summed E-state index contributed by atoms with van der Waals surface area (Å²) in [7, 11) is 0. The van der Waals surface area contributed by atoms with Gasteiger partial charge >= 0.3 is 0 Å². The summed E-state index contributed by atoms with van der Waals surface area (Å²) in [6.07, 6.45) is 5.00. The van der Waals surface area contributed by atoms with Gasteiger partial charge in [-0.25, -0.2) is 4.98 Å². The molecule has 0 N–H and O–H groups in total. The summed E-state index contributed by atoms with van der Waals surface area (Å²) in [5, 5.41) is 2.72. The van der Waals surface area contributed by atoms with Gasteiger partial charge in [-0.1, -0.05) is 109 Å². The number of anilines is 2. The van der Waals surface area contributed by atoms with E-state index in [4.69, 9.17) is 4.98 Å². The highest BCUT2D eigenvalue weighted by Crippen LogP contribution is 2.48. The van der Waals surface area contributed by atoms with E-state index in [1.807, 2.05) is 11.3 Å². The van der Waals surface area contributed by atoms with E-state index in [2.05, 4.69) is 138 Å². The van der Waals surface area contributed by atoms with Crippen molar-refractivity contribution in [2.75, 3.05) is 4.90 Å². The summed E-state index contributed by atoms with van der Waals surface area (Å²) in [6.45, 7) is 0. The van der Waals surface area contributed by atoms with Crippen LogP contribution in [0.25, 0.3) is 44.8 Å². The molecule has 0 saturated heterocycles. The highest BCUT2D eigenvalue weighted by Gasteiger charge is 2.38. The SMILES string of the molecule is C1=c2sc3ccccc3c2=CC2C1c1ccccc1N2c1cc(-c2ccccc2)nc(-c2ccccc2)c1. The third-order valence-corrected chi connectivity index (χ3v) is 8.93. The lowest BCUT2D eigenvalue weighted by Crippen LogP contribution is -2.36. The Labute approximate surface area is 225 Å². The lowest BCUT2D eigenvalue weighted by Gasteiger charge is -2.29. The molecule has 2 aromatic heterocycles. The predicted molar refractivity (Wildman–Crippen MR) is 160 cm³/mol. The standard InChI is InChI=1S/C35H24N2S/c1-3-11-23(12-4-1)30-19-25(20-31(36-30)24-13-5-2-6-14-24)37-32-17-9-7-15-26(32)28-22-35-29(21-33(28)37)27-16-8-10-18-34(27)38-35/h1-22,28,33H. The number of hydrogen-bond donors (Lipinski definition) is 0. The predicted octanol–water partition coefficient (Wildman–Crippen LogP) is 7.51. The van der Waals surface area contributed by atoms with Gasteiger partial charge < -0.3 is 4.90 Å². The minimum atomic E-state index is 0.201. The molecule has 0 saturated carbocycles. The first-order valence-electron chi connectivity index (χ1n) is 13.1. The van der Waals surface area contributed by atoms with Gasteiger partial charge in [0.2, 0.25) is 0 Å². The van der Waals surface area contributed by atoms with Crippen molar-refractivity contribution >= 4 is 44.9 Å². The molecule has 3 heterocycles. The maximum atomic E-state index is 5.13. The van der Waals surface area contributed by atoms with Crippen LogP contribution >= 0.6 is 11.3 Å². The third kappa shape index (κ3) is 3.36. The van der Waals surface area contributed by atoms with Crippen molar-refractivity contribution in [2.24, 2.45) is 0 Å². The quantitative estimate of drug-likeness (QED) is 0.248. The van der Waals surface area contributed by atoms with Crippen LogP contribution in [0.3, 0.4) is 0 Å². The van der Waals surface area contributed by atoms with E-state index in [1.54, 1.807) is 0 Å². The van der Waals surface area contributed by atoms with E-state index < -0.39 is 0 Å². The van der Waals surface area contributed by atoms with E-state index in [-0.39, 0.29) is 6.04 Å². The van der Waals surface area contributed by atoms with E-state index in [0.717, 1.165) is 22.5 Å². The normalized spacial score (nSPS) is 17.3. The molecule has 6 aromatic rings. The van der Waals surface area contributed by atoms with Crippen LogP contribution in [0.15, 0.2) is 121 Å². The molecule has 0 bridgehead atoms. The van der Waals surface area contributed by atoms with Crippen LogP contribution in [0.1, 0.15) is 11.5 Å². The molecule has 2 aliphatic rings. The second kappa shape index (κ2) is 8.54. The fraction of sp³-hybridized carbons (Fsp3) is 0.0571. The zero-order valence-corrected chi connectivity index (χ0v) is 21.5. The van der Waals surface area contributed by atoms with Gasteiger partial charge in [0.15, 0.2) is 0 Å². The van der Waals surface area contributed by atoms with Crippen LogP contribution in [0.4, 0.5) is 11.4 Å². The minimum absolute atomic E-state index is 0.201. The van der Waals surface area contributed by atoms with E-state index >= 15 is 0 Å². The first-order valence-corrected chi connectivity index (χ1v) is 13.9. The molecular weight excluding hydrogens is 480 g/mol. The van der Waals surface area contributed by atoms with Crippen molar-refractivity contribution in [3.63, 3.8) is 0 Å². The van der Waals surface area contributed by atoms with Crippen molar-refractivity contribution in [2.45, 2.75) is 12.0 Å². The monoisotopic (exact) mass is 504 g/mol. The lowest BCUT2D eigenvalue weighted by atomic mass is 9.91. The van der Waals surface area contributed by atoms with Crippen molar-refractivity contribution < 1.29 is 0 Å². The van der Waals surface area contributed by atoms with Gasteiger partial charge in [0.05, 0.1) is 17.4 Å². The molecule has 4 aromatic carbocycles. The molecule has 3 heteroatoms.